The average Bonchev–Trinajstić information content (AvgIpc) is 3.41. The van der Waals surface area contributed by atoms with Gasteiger partial charge in [-0.15, -0.1) is 10.2 Å². The summed E-state index contributed by atoms with van der Waals surface area (Å²) in [6.07, 6.45) is 2.32. The Balaban J connectivity index is 1.41. The predicted molar refractivity (Wildman–Crippen MR) is 157 cm³/mol. The van der Waals surface area contributed by atoms with Crippen molar-refractivity contribution in [2.75, 3.05) is 16.0 Å². The highest BCUT2D eigenvalue weighted by molar-refractivity contribution is 9.10. The average molecular weight is 640 g/mol. The highest BCUT2D eigenvalue weighted by Crippen LogP contribution is 2.47. The number of nitrogens with zero attached hydrogens (tertiary/aromatic N) is 4. The molecule has 3 N–H and O–H groups in total. The zero-order chi connectivity index (χ0) is 28.4. The highest BCUT2D eigenvalue weighted by Gasteiger charge is 2.42. The Morgan fingerprint density at radius 3 is 2.77 bits per heavy atom. The van der Waals surface area contributed by atoms with E-state index in [0.717, 1.165) is 6.42 Å². The first kappa shape index (κ1) is 28.0. The van der Waals surface area contributed by atoms with Crippen molar-refractivity contribution in [3.05, 3.63) is 86.5 Å². The van der Waals surface area contributed by atoms with Gasteiger partial charge in [-0.25, -0.2) is 4.39 Å². The number of nitrogens with two attached hydrogens (primary N) is 1. The molecule has 0 spiro atoms. The Kier molecular flexibility index (Phi) is 8.35. The first-order chi connectivity index (χ1) is 19.3. The fourth-order valence-corrected chi connectivity index (χ4v) is 6.91. The number of hydrogen-bond donors (Lipinski definition) is 2. The Labute approximate surface area is 247 Å². The van der Waals surface area contributed by atoms with Crippen LogP contribution >= 0.6 is 39.0 Å². The molecule has 2 heterocycles. The number of carbonyl (C=O) groups excluding carboxylic acids is 2. The number of carbonyl (C=O) groups is 2. The molecule has 1 amide bonds. The third-order valence-corrected chi connectivity index (χ3v) is 9.28. The molecule has 1 aliphatic carbocycles. The van der Waals surface area contributed by atoms with E-state index in [-0.39, 0.29) is 34.4 Å². The Hall–Kier alpha value is -3.53. The van der Waals surface area contributed by atoms with E-state index in [2.05, 4.69) is 44.4 Å². The highest BCUT2D eigenvalue weighted by atomic mass is 79.9. The number of ketones is 1. The van der Waals surface area contributed by atoms with E-state index in [4.69, 9.17) is 5.73 Å². The van der Waals surface area contributed by atoms with Gasteiger partial charge in [0.1, 0.15) is 11.6 Å². The van der Waals surface area contributed by atoms with Crippen LogP contribution in [0.4, 0.5) is 15.2 Å². The van der Waals surface area contributed by atoms with Gasteiger partial charge in [0.25, 0.3) is 0 Å². The lowest BCUT2D eigenvalue weighted by Crippen LogP contribution is -2.38. The van der Waals surface area contributed by atoms with Crippen molar-refractivity contribution >= 4 is 61.5 Å². The summed E-state index contributed by atoms with van der Waals surface area (Å²) < 4.78 is 16.2. The molecule has 1 atom stereocenters. The summed E-state index contributed by atoms with van der Waals surface area (Å²) in [7, 11) is 0. The topological polar surface area (TPSA) is 125 Å². The standard InChI is InChI=1S/C28H24BrFN6O2S2/c1-2-15-6-9-17(10-7-15)33-23(38)14-39-28-35-34-27(40-28)36-21-4-3-5-22(37)25(21)24(19(13-31)26(36)32)18-12-16(29)8-11-20(18)30/h6-12,24H,2-5,14,32H2,1H3,(H,33,38). The van der Waals surface area contributed by atoms with E-state index in [1.54, 1.807) is 17.0 Å². The molecule has 2 aliphatic rings. The number of halogens is 2. The van der Waals surface area contributed by atoms with Crippen LogP contribution in [0.1, 0.15) is 43.2 Å². The molecule has 5 rings (SSSR count). The molecule has 0 bridgehead atoms. The minimum atomic E-state index is -0.918. The largest absolute Gasteiger partial charge is 0.384 e. The van der Waals surface area contributed by atoms with Gasteiger partial charge in [-0.1, -0.05) is 58.1 Å². The van der Waals surface area contributed by atoms with Gasteiger partial charge in [0, 0.05) is 33.4 Å². The second kappa shape index (κ2) is 11.9. The molecule has 0 fully saturated rings. The minimum Gasteiger partial charge on any atom is -0.384 e. The molecule has 12 heteroatoms. The lowest BCUT2D eigenvalue weighted by atomic mass is 9.75. The maximum atomic E-state index is 15.0. The number of benzene rings is 2. The second-order valence-corrected chi connectivity index (χ2v) is 12.3. The number of rotatable bonds is 7. The molecule has 204 valence electrons. The third-order valence-electron chi connectivity index (χ3n) is 6.74. The monoisotopic (exact) mass is 638 g/mol. The third kappa shape index (κ3) is 5.54. The van der Waals surface area contributed by atoms with Gasteiger partial charge >= 0.3 is 0 Å². The lowest BCUT2D eigenvalue weighted by molar-refractivity contribution is -0.116. The van der Waals surface area contributed by atoms with Crippen molar-refractivity contribution in [3.8, 4) is 6.07 Å². The molecule has 1 aromatic heterocycles. The summed E-state index contributed by atoms with van der Waals surface area (Å²) in [6.45, 7) is 2.07. The molecule has 8 nitrogen and oxygen atoms in total. The van der Waals surface area contributed by atoms with Crippen LogP contribution in [0.3, 0.4) is 0 Å². The van der Waals surface area contributed by atoms with Crippen molar-refractivity contribution in [1.82, 2.24) is 10.2 Å². The summed E-state index contributed by atoms with van der Waals surface area (Å²) in [6, 6.07) is 14.2. The van der Waals surface area contributed by atoms with Crippen molar-refractivity contribution in [1.29, 1.82) is 5.26 Å². The number of nitriles is 1. The number of aryl methyl sites for hydroxylation is 1. The summed E-state index contributed by atoms with van der Waals surface area (Å²) in [5, 5.41) is 21.9. The Morgan fingerprint density at radius 2 is 2.05 bits per heavy atom. The zero-order valence-corrected chi connectivity index (χ0v) is 24.6. The zero-order valence-electron chi connectivity index (χ0n) is 21.4. The van der Waals surface area contributed by atoms with E-state index in [1.807, 2.05) is 24.3 Å². The molecular formula is C28H24BrFN6O2S2. The van der Waals surface area contributed by atoms with Crippen LogP contribution in [0.2, 0.25) is 0 Å². The van der Waals surface area contributed by atoms with Crippen LogP contribution in [0.25, 0.3) is 0 Å². The number of allylic oxidation sites excluding steroid dienone is 3. The van der Waals surface area contributed by atoms with E-state index in [9.17, 15) is 14.9 Å². The number of nitrogens with one attached hydrogen (secondary N) is 1. The van der Waals surface area contributed by atoms with Gasteiger partial charge in [-0.2, -0.15) is 5.26 Å². The van der Waals surface area contributed by atoms with Gasteiger partial charge in [-0.3, -0.25) is 14.5 Å². The van der Waals surface area contributed by atoms with Crippen LogP contribution in [-0.2, 0) is 16.0 Å². The number of Topliss-reactive ketones (excluding diaryl/α,β-unsaturated/α-hetero) is 1. The Morgan fingerprint density at radius 1 is 1.27 bits per heavy atom. The maximum absolute atomic E-state index is 15.0. The lowest BCUT2D eigenvalue weighted by Gasteiger charge is -2.38. The quantitative estimate of drug-likeness (QED) is 0.300. The first-order valence-electron chi connectivity index (χ1n) is 12.6. The van der Waals surface area contributed by atoms with E-state index < -0.39 is 11.7 Å². The molecule has 3 aromatic rings. The van der Waals surface area contributed by atoms with Gasteiger partial charge in [0.2, 0.25) is 11.0 Å². The molecule has 2 aromatic carbocycles. The maximum Gasteiger partial charge on any atom is 0.234 e. The van der Waals surface area contributed by atoms with Gasteiger partial charge < -0.3 is 11.1 Å². The summed E-state index contributed by atoms with van der Waals surface area (Å²) in [5.41, 5.74) is 9.68. The van der Waals surface area contributed by atoms with Crippen LogP contribution < -0.4 is 16.0 Å². The van der Waals surface area contributed by atoms with Gasteiger partial charge in [0.05, 0.1) is 23.3 Å². The van der Waals surface area contributed by atoms with Crippen molar-refractivity contribution in [2.24, 2.45) is 5.73 Å². The fourth-order valence-electron chi connectivity index (χ4n) is 4.85. The van der Waals surface area contributed by atoms with E-state index in [1.165, 1.54) is 34.7 Å². The number of anilines is 2. The summed E-state index contributed by atoms with van der Waals surface area (Å²) in [5.74, 6) is -1.58. The molecule has 1 unspecified atom stereocenters. The van der Waals surface area contributed by atoms with Crippen LogP contribution in [0, 0.1) is 17.1 Å². The molecular weight excluding hydrogens is 615 g/mol. The molecule has 1 aliphatic heterocycles. The van der Waals surface area contributed by atoms with Crippen LogP contribution in [0.5, 0.6) is 0 Å². The smallest absolute Gasteiger partial charge is 0.234 e. The van der Waals surface area contributed by atoms with E-state index >= 15 is 4.39 Å². The van der Waals surface area contributed by atoms with Gasteiger partial charge in [-0.05, 0) is 55.2 Å². The molecule has 40 heavy (non-hydrogen) atoms. The van der Waals surface area contributed by atoms with Gasteiger partial charge in [0.15, 0.2) is 10.1 Å². The number of amides is 1. The Bertz CT molecular complexity index is 1590. The molecule has 0 saturated carbocycles. The SMILES string of the molecule is CCc1ccc(NC(=O)CSc2nnc(N3C(N)=C(C#N)C(c4cc(Br)ccc4F)C4=C3CCCC4=O)s2)cc1. The fraction of sp³-hybridized carbons (Fsp3) is 0.250. The molecule has 0 radical (unpaired) electrons. The van der Waals surface area contributed by atoms with E-state index in [0.29, 0.717) is 50.2 Å². The first-order valence-corrected chi connectivity index (χ1v) is 15.2. The second-order valence-electron chi connectivity index (χ2n) is 9.22. The number of aromatic nitrogens is 2. The van der Waals surface area contributed by atoms with Crippen molar-refractivity contribution < 1.29 is 14.0 Å². The number of hydrogen-bond acceptors (Lipinski definition) is 9. The van der Waals surface area contributed by atoms with Crippen LogP contribution in [0.15, 0.2) is 73.9 Å². The van der Waals surface area contributed by atoms with Crippen LogP contribution in [-0.4, -0.2) is 27.6 Å². The summed E-state index contributed by atoms with van der Waals surface area (Å²) >= 11 is 5.80. The normalized spacial score (nSPS) is 17.1. The number of thioether (sulfide) groups is 1. The van der Waals surface area contributed by atoms with Crippen molar-refractivity contribution in [2.45, 2.75) is 42.9 Å². The summed E-state index contributed by atoms with van der Waals surface area (Å²) in [4.78, 5) is 27.3. The predicted octanol–water partition coefficient (Wildman–Crippen LogP) is 6.04. The van der Waals surface area contributed by atoms with Crippen molar-refractivity contribution in [3.63, 3.8) is 0 Å². The molecule has 0 saturated heterocycles. The minimum absolute atomic E-state index is 0.0730.